The van der Waals surface area contributed by atoms with Crippen LogP contribution in [-0.4, -0.2) is 18.0 Å². The highest BCUT2D eigenvalue weighted by molar-refractivity contribution is 6.20. The number of hydrogen-bond donors (Lipinski definition) is 0. The van der Waals surface area contributed by atoms with E-state index >= 15 is 0 Å². The zero-order valence-electron chi connectivity index (χ0n) is 11.3. The highest BCUT2D eigenvalue weighted by atomic mass is 35.5. The average Bonchev–Trinajstić information content (AvgIpc) is 2.27. The molecule has 0 aromatic heterocycles. The molecule has 1 atom stereocenters. The molecule has 0 aromatic carbocycles. The Balaban J connectivity index is 3.16. The van der Waals surface area contributed by atoms with Crippen LogP contribution in [0.25, 0.3) is 0 Å². The lowest BCUT2D eigenvalue weighted by Gasteiger charge is -2.09. The predicted octanol–water partition coefficient (Wildman–Crippen LogP) is 4.69. The molecule has 102 valence electrons. The van der Waals surface area contributed by atoms with Gasteiger partial charge in [0.2, 0.25) is 0 Å². The molecule has 0 saturated carbocycles. The molecule has 0 heterocycles. The minimum atomic E-state index is -0.218. The van der Waals surface area contributed by atoms with Gasteiger partial charge in [0.05, 0.1) is 6.61 Å². The van der Waals surface area contributed by atoms with Crippen LogP contribution in [0.5, 0.6) is 0 Å². The third-order valence-electron chi connectivity index (χ3n) is 2.86. The minimum Gasteiger partial charge on any atom is -0.466 e. The van der Waals surface area contributed by atoms with Crippen LogP contribution in [0.1, 0.15) is 71.6 Å². The van der Waals surface area contributed by atoms with E-state index in [0.29, 0.717) is 6.61 Å². The van der Waals surface area contributed by atoms with Crippen molar-refractivity contribution in [1.29, 1.82) is 0 Å². The lowest BCUT2D eigenvalue weighted by atomic mass is 10.1. The second-order valence-corrected chi connectivity index (χ2v) is 5.25. The van der Waals surface area contributed by atoms with E-state index in [9.17, 15) is 4.79 Å². The standard InChI is InChI=1S/C14H27ClO2/c1-3-4-5-6-7-8-9-10-14(15)11-12-17-13(2)16/h14H,3-12H2,1-2H3. The van der Waals surface area contributed by atoms with Gasteiger partial charge in [0, 0.05) is 12.3 Å². The molecular formula is C14H27ClO2. The van der Waals surface area contributed by atoms with Gasteiger partial charge in [-0.1, -0.05) is 51.9 Å². The average molecular weight is 263 g/mol. The van der Waals surface area contributed by atoms with Crippen molar-refractivity contribution in [2.45, 2.75) is 77.0 Å². The first kappa shape index (κ1) is 16.8. The van der Waals surface area contributed by atoms with E-state index in [2.05, 4.69) is 6.92 Å². The second kappa shape index (κ2) is 12.2. The Hall–Kier alpha value is -0.240. The fraction of sp³-hybridized carbons (Fsp3) is 0.929. The third kappa shape index (κ3) is 13.7. The number of carbonyl (C=O) groups is 1. The Kier molecular flexibility index (Phi) is 12.1. The first-order chi connectivity index (χ1) is 8.16. The van der Waals surface area contributed by atoms with E-state index in [1.54, 1.807) is 0 Å². The van der Waals surface area contributed by atoms with Gasteiger partial charge in [0.25, 0.3) is 0 Å². The van der Waals surface area contributed by atoms with Gasteiger partial charge in [0.15, 0.2) is 0 Å². The summed E-state index contributed by atoms with van der Waals surface area (Å²) >= 11 is 6.14. The summed E-state index contributed by atoms with van der Waals surface area (Å²) in [5, 5.41) is 0.157. The van der Waals surface area contributed by atoms with Crippen LogP contribution >= 0.6 is 11.6 Å². The van der Waals surface area contributed by atoms with Crippen molar-refractivity contribution in [3.63, 3.8) is 0 Å². The molecule has 0 spiro atoms. The molecule has 0 saturated heterocycles. The zero-order chi connectivity index (χ0) is 12.9. The van der Waals surface area contributed by atoms with Crippen LogP contribution in [0.15, 0.2) is 0 Å². The number of alkyl halides is 1. The van der Waals surface area contributed by atoms with Crippen molar-refractivity contribution in [2.75, 3.05) is 6.61 Å². The quantitative estimate of drug-likeness (QED) is 0.307. The SMILES string of the molecule is CCCCCCCCCC(Cl)CCOC(C)=O. The van der Waals surface area contributed by atoms with Crippen molar-refractivity contribution in [1.82, 2.24) is 0 Å². The summed E-state index contributed by atoms with van der Waals surface area (Å²) in [6.07, 6.45) is 11.0. The topological polar surface area (TPSA) is 26.3 Å². The Morgan fingerprint density at radius 2 is 1.65 bits per heavy atom. The van der Waals surface area contributed by atoms with E-state index < -0.39 is 0 Å². The van der Waals surface area contributed by atoms with Gasteiger partial charge >= 0.3 is 5.97 Å². The molecule has 0 amide bonds. The molecule has 0 rings (SSSR count). The van der Waals surface area contributed by atoms with E-state index in [1.807, 2.05) is 0 Å². The lowest BCUT2D eigenvalue weighted by Crippen LogP contribution is -2.07. The fourth-order valence-corrected chi connectivity index (χ4v) is 2.04. The molecule has 3 heteroatoms. The molecular weight excluding hydrogens is 236 g/mol. The van der Waals surface area contributed by atoms with Crippen LogP contribution in [-0.2, 0) is 9.53 Å². The van der Waals surface area contributed by atoms with E-state index in [4.69, 9.17) is 16.3 Å². The molecule has 0 aliphatic rings. The first-order valence-corrected chi connectivity index (χ1v) is 7.38. The number of rotatable bonds is 11. The molecule has 2 nitrogen and oxygen atoms in total. The van der Waals surface area contributed by atoms with Gasteiger partial charge in [-0.25, -0.2) is 0 Å². The number of hydrogen-bond acceptors (Lipinski definition) is 2. The molecule has 0 aliphatic heterocycles. The van der Waals surface area contributed by atoms with Crippen molar-refractivity contribution < 1.29 is 9.53 Å². The van der Waals surface area contributed by atoms with Gasteiger partial charge in [-0.3, -0.25) is 4.79 Å². The highest BCUT2D eigenvalue weighted by Gasteiger charge is 2.05. The van der Waals surface area contributed by atoms with Crippen LogP contribution in [0.2, 0.25) is 0 Å². The summed E-state index contributed by atoms with van der Waals surface area (Å²) in [6.45, 7) is 4.13. The third-order valence-corrected chi connectivity index (χ3v) is 3.29. The smallest absolute Gasteiger partial charge is 0.302 e. The summed E-state index contributed by atoms with van der Waals surface area (Å²) in [5.41, 5.74) is 0. The minimum absolute atomic E-state index is 0.157. The Morgan fingerprint density at radius 3 is 2.24 bits per heavy atom. The van der Waals surface area contributed by atoms with E-state index in [-0.39, 0.29) is 11.3 Å². The van der Waals surface area contributed by atoms with Gasteiger partial charge in [-0.2, -0.15) is 0 Å². The predicted molar refractivity (Wildman–Crippen MR) is 73.5 cm³/mol. The summed E-state index contributed by atoms with van der Waals surface area (Å²) in [5.74, 6) is -0.218. The number of esters is 1. The van der Waals surface area contributed by atoms with Crippen molar-refractivity contribution >= 4 is 17.6 Å². The number of carbonyl (C=O) groups excluding carboxylic acids is 1. The van der Waals surface area contributed by atoms with E-state index in [1.165, 1.54) is 51.9 Å². The molecule has 0 bridgehead atoms. The summed E-state index contributed by atoms with van der Waals surface area (Å²) in [4.78, 5) is 10.5. The number of ether oxygens (including phenoxy) is 1. The first-order valence-electron chi connectivity index (χ1n) is 6.94. The largest absolute Gasteiger partial charge is 0.466 e. The van der Waals surface area contributed by atoms with Gasteiger partial charge in [-0.15, -0.1) is 11.6 Å². The molecule has 0 radical (unpaired) electrons. The van der Waals surface area contributed by atoms with Crippen molar-refractivity contribution in [3.05, 3.63) is 0 Å². The molecule has 1 unspecified atom stereocenters. The summed E-state index contributed by atoms with van der Waals surface area (Å²) < 4.78 is 4.86. The highest BCUT2D eigenvalue weighted by Crippen LogP contribution is 2.14. The zero-order valence-corrected chi connectivity index (χ0v) is 12.1. The molecule has 0 fully saturated rings. The van der Waals surface area contributed by atoms with Crippen LogP contribution in [0, 0.1) is 0 Å². The molecule has 17 heavy (non-hydrogen) atoms. The van der Waals surface area contributed by atoms with Gasteiger partial charge < -0.3 is 4.74 Å². The Morgan fingerprint density at radius 1 is 1.06 bits per heavy atom. The van der Waals surface area contributed by atoms with Crippen LogP contribution in [0.4, 0.5) is 0 Å². The van der Waals surface area contributed by atoms with Crippen LogP contribution in [0.3, 0.4) is 0 Å². The Bertz CT molecular complexity index is 183. The molecule has 0 aromatic rings. The van der Waals surface area contributed by atoms with Gasteiger partial charge in [-0.05, 0) is 12.8 Å². The Labute approximate surface area is 111 Å². The maximum absolute atomic E-state index is 10.5. The maximum atomic E-state index is 10.5. The van der Waals surface area contributed by atoms with Crippen molar-refractivity contribution in [3.8, 4) is 0 Å². The lowest BCUT2D eigenvalue weighted by molar-refractivity contribution is -0.141. The summed E-state index contributed by atoms with van der Waals surface area (Å²) in [7, 11) is 0. The number of unbranched alkanes of at least 4 members (excludes halogenated alkanes) is 6. The second-order valence-electron chi connectivity index (χ2n) is 4.64. The fourth-order valence-electron chi connectivity index (χ4n) is 1.80. The normalized spacial score (nSPS) is 12.4. The maximum Gasteiger partial charge on any atom is 0.302 e. The monoisotopic (exact) mass is 262 g/mol. The van der Waals surface area contributed by atoms with Crippen molar-refractivity contribution in [2.24, 2.45) is 0 Å². The summed E-state index contributed by atoms with van der Waals surface area (Å²) in [6, 6.07) is 0. The number of halogens is 1. The molecule has 0 N–H and O–H groups in total. The molecule has 0 aliphatic carbocycles. The van der Waals surface area contributed by atoms with E-state index in [0.717, 1.165) is 12.8 Å². The van der Waals surface area contributed by atoms with Crippen LogP contribution < -0.4 is 0 Å². The van der Waals surface area contributed by atoms with Gasteiger partial charge in [0.1, 0.15) is 0 Å².